The van der Waals surface area contributed by atoms with Crippen LogP contribution in [0.25, 0.3) is 0 Å². The molecule has 1 aromatic rings. The van der Waals surface area contributed by atoms with Crippen LogP contribution in [0.2, 0.25) is 0 Å². The number of aliphatic hydroxyl groups is 1. The lowest BCUT2D eigenvalue weighted by Gasteiger charge is -2.28. The molecule has 0 saturated heterocycles. The van der Waals surface area contributed by atoms with Crippen LogP contribution in [0.15, 0.2) is 6.33 Å². The SMILES string of the molecule is CCCNC(CO)CCN1CCn2cnnc2C1. The molecule has 1 unspecified atom stereocenters. The van der Waals surface area contributed by atoms with Crippen LogP contribution >= 0.6 is 0 Å². The van der Waals surface area contributed by atoms with Gasteiger partial charge in [0.1, 0.15) is 12.2 Å². The van der Waals surface area contributed by atoms with Crippen molar-refractivity contribution >= 4 is 0 Å². The average molecular weight is 253 g/mol. The van der Waals surface area contributed by atoms with E-state index in [0.717, 1.165) is 51.4 Å². The number of hydrogen-bond donors (Lipinski definition) is 2. The zero-order valence-electron chi connectivity index (χ0n) is 11.0. The molecule has 2 N–H and O–H groups in total. The monoisotopic (exact) mass is 253 g/mol. The largest absolute Gasteiger partial charge is 0.395 e. The lowest BCUT2D eigenvalue weighted by Crippen LogP contribution is -2.39. The minimum absolute atomic E-state index is 0.212. The van der Waals surface area contributed by atoms with Crippen LogP contribution in [0.4, 0.5) is 0 Å². The van der Waals surface area contributed by atoms with Crippen molar-refractivity contribution in [3.63, 3.8) is 0 Å². The third-order valence-corrected chi connectivity index (χ3v) is 3.42. The van der Waals surface area contributed by atoms with E-state index < -0.39 is 0 Å². The molecule has 102 valence electrons. The maximum Gasteiger partial charge on any atom is 0.147 e. The highest BCUT2D eigenvalue weighted by Crippen LogP contribution is 2.09. The van der Waals surface area contributed by atoms with Crippen LogP contribution in [-0.2, 0) is 13.1 Å². The predicted molar refractivity (Wildman–Crippen MR) is 69.1 cm³/mol. The van der Waals surface area contributed by atoms with Gasteiger partial charge in [-0.1, -0.05) is 6.92 Å². The molecule has 2 heterocycles. The van der Waals surface area contributed by atoms with Gasteiger partial charge in [-0.05, 0) is 19.4 Å². The first-order valence-corrected chi connectivity index (χ1v) is 6.76. The maximum atomic E-state index is 9.30. The lowest BCUT2D eigenvalue weighted by molar-refractivity contribution is 0.182. The van der Waals surface area contributed by atoms with Gasteiger partial charge in [0.15, 0.2) is 0 Å². The van der Waals surface area contributed by atoms with E-state index in [1.807, 2.05) is 0 Å². The standard InChI is InChI=1S/C12H23N5O/c1-2-4-13-11(9-18)3-5-16-6-7-17-10-14-15-12(17)8-16/h10-11,13,18H,2-9H2,1H3. The molecule has 6 nitrogen and oxygen atoms in total. The van der Waals surface area contributed by atoms with Crippen LogP contribution in [0, 0.1) is 0 Å². The molecule has 1 aromatic heterocycles. The molecule has 0 spiro atoms. The van der Waals surface area contributed by atoms with Crippen molar-refractivity contribution < 1.29 is 5.11 Å². The summed E-state index contributed by atoms with van der Waals surface area (Å²) in [6.45, 7) is 7.19. The summed E-state index contributed by atoms with van der Waals surface area (Å²) >= 11 is 0. The first-order chi connectivity index (χ1) is 8.83. The zero-order chi connectivity index (χ0) is 12.8. The molecular weight excluding hydrogens is 230 g/mol. The second-order valence-corrected chi connectivity index (χ2v) is 4.84. The van der Waals surface area contributed by atoms with Gasteiger partial charge in [0.25, 0.3) is 0 Å². The molecule has 18 heavy (non-hydrogen) atoms. The fraction of sp³-hybridized carbons (Fsp3) is 0.833. The summed E-state index contributed by atoms with van der Waals surface area (Å²) in [5.74, 6) is 1.04. The normalized spacial score (nSPS) is 17.7. The molecule has 1 aliphatic heterocycles. The number of aliphatic hydroxyl groups excluding tert-OH is 1. The molecule has 6 heteroatoms. The Labute approximate surface area is 108 Å². The number of aromatic nitrogens is 3. The Morgan fingerprint density at radius 1 is 1.50 bits per heavy atom. The Morgan fingerprint density at radius 3 is 3.17 bits per heavy atom. The van der Waals surface area contributed by atoms with Gasteiger partial charge < -0.3 is 15.0 Å². The van der Waals surface area contributed by atoms with E-state index in [1.165, 1.54) is 0 Å². The van der Waals surface area contributed by atoms with E-state index in [-0.39, 0.29) is 12.6 Å². The van der Waals surface area contributed by atoms with E-state index >= 15 is 0 Å². The van der Waals surface area contributed by atoms with Crippen LogP contribution in [-0.4, -0.2) is 57.1 Å². The molecule has 0 amide bonds. The number of fused-ring (bicyclic) bond motifs is 1. The fourth-order valence-electron chi connectivity index (χ4n) is 2.25. The third-order valence-electron chi connectivity index (χ3n) is 3.42. The lowest BCUT2D eigenvalue weighted by atomic mass is 10.2. The van der Waals surface area contributed by atoms with Crippen molar-refractivity contribution in [1.29, 1.82) is 0 Å². The van der Waals surface area contributed by atoms with Crippen molar-refractivity contribution in [1.82, 2.24) is 25.0 Å². The summed E-state index contributed by atoms with van der Waals surface area (Å²) in [6.07, 6.45) is 3.87. The summed E-state index contributed by atoms with van der Waals surface area (Å²) in [5, 5.41) is 20.7. The number of nitrogens with zero attached hydrogens (tertiary/aromatic N) is 4. The molecular formula is C12H23N5O. The number of hydrogen-bond acceptors (Lipinski definition) is 5. The highest BCUT2D eigenvalue weighted by atomic mass is 16.3. The van der Waals surface area contributed by atoms with E-state index in [4.69, 9.17) is 0 Å². The topological polar surface area (TPSA) is 66.2 Å². The van der Waals surface area contributed by atoms with Crippen LogP contribution in [0.1, 0.15) is 25.6 Å². The first kappa shape index (κ1) is 13.5. The fourth-order valence-corrected chi connectivity index (χ4v) is 2.25. The van der Waals surface area contributed by atoms with Gasteiger partial charge in [-0.15, -0.1) is 10.2 Å². The molecule has 0 saturated carbocycles. The quantitative estimate of drug-likeness (QED) is 0.707. The van der Waals surface area contributed by atoms with Crippen LogP contribution < -0.4 is 5.32 Å². The van der Waals surface area contributed by atoms with Gasteiger partial charge in [-0.3, -0.25) is 4.90 Å². The molecule has 0 radical (unpaired) electrons. The molecule has 0 aromatic carbocycles. The first-order valence-electron chi connectivity index (χ1n) is 6.76. The van der Waals surface area contributed by atoms with Gasteiger partial charge in [0.05, 0.1) is 13.2 Å². The highest BCUT2D eigenvalue weighted by molar-refractivity contribution is 4.90. The van der Waals surface area contributed by atoms with Gasteiger partial charge in [0.2, 0.25) is 0 Å². The van der Waals surface area contributed by atoms with Crippen molar-refractivity contribution in [2.24, 2.45) is 0 Å². The summed E-state index contributed by atoms with van der Waals surface area (Å²) in [6, 6.07) is 0.213. The molecule has 1 atom stereocenters. The van der Waals surface area contributed by atoms with E-state index in [2.05, 4.69) is 31.9 Å². The third kappa shape index (κ3) is 3.51. The Bertz CT molecular complexity index is 354. The van der Waals surface area contributed by atoms with Gasteiger partial charge >= 0.3 is 0 Å². The molecule has 0 fully saturated rings. The minimum Gasteiger partial charge on any atom is -0.395 e. The summed E-state index contributed by atoms with van der Waals surface area (Å²) in [4.78, 5) is 2.38. The van der Waals surface area contributed by atoms with Crippen molar-refractivity contribution in [3.05, 3.63) is 12.2 Å². The minimum atomic E-state index is 0.212. The molecule has 0 aliphatic carbocycles. The number of rotatable bonds is 7. The summed E-state index contributed by atoms with van der Waals surface area (Å²) in [7, 11) is 0. The van der Waals surface area contributed by atoms with Crippen molar-refractivity contribution in [3.8, 4) is 0 Å². The summed E-state index contributed by atoms with van der Waals surface area (Å²) in [5.41, 5.74) is 0. The van der Waals surface area contributed by atoms with E-state index in [9.17, 15) is 5.11 Å². The zero-order valence-corrected chi connectivity index (χ0v) is 11.0. The second-order valence-electron chi connectivity index (χ2n) is 4.84. The Hall–Kier alpha value is -0.980. The van der Waals surface area contributed by atoms with Crippen LogP contribution in [0.5, 0.6) is 0 Å². The maximum absolute atomic E-state index is 9.30. The van der Waals surface area contributed by atoms with Gasteiger partial charge in [0, 0.05) is 25.7 Å². The predicted octanol–water partition coefficient (Wildman–Crippen LogP) is -0.156. The Kier molecular flexibility index (Phi) is 5.10. The Morgan fingerprint density at radius 2 is 2.39 bits per heavy atom. The van der Waals surface area contributed by atoms with Gasteiger partial charge in [-0.25, -0.2) is 0 Å². The highest BCUT2D eigenvalue weighted by Gasteiger charge is 2.18. The molecule has 1 aliphatic rings. The average Bonchev–Trinajstić information content (AvgIpc) is 2.86. The summed E-state index contributed by atoms with van der Waals surface area (Å²) < 4.78 is 2.11. The smallest absolute Gasteiger partial charge is 0.147 e. The molecule has 2 rings (SSSR count). The van der Waals surface area contributed by atoms with Crippen LogP contribution in [0.3, 0.4) is 0 Å². The number of nitrogens with one attached hydrogen (secondary N) is 1. The molecule has 0 bridgehead atoms. The van der Waals surface area contributed by atoms with Crippen molar-refractivity contribution in [2.45, 2.75) is 38.9 Å². The second kappa shape index (κ2) is 6.82. The van der Waals surface area contributed by atoms with Gasteiger partial charge in [-0.2, -0.15) is 0 Å². The van der Waals surface area contributed by atoms with E-state index in [0.29, 0.717) is 0 Å². The Balaban J connectivity index is 1.74. The van der Waals surface area contributed by atoms with Crippen molar-refractivity contribution in [2.75, 3.05) is 26.2 Å². The van der Waals surface area contributed by atoms with E-state index in [1.54, 1.807) is 6.33 Å².